The number of hydrogen-bond donors (Lipinski definition) is 2. The van der Waals surface area contributed by atoms with Gasteiger partial charge < -0.3 is 16.0 Å². The molecule has 0 bridgehead atoms. The Morgan fingerprint density at radius 3 is 3.00 bits per heavy atom. The van der Waals surface area contributed by atoms with Crippen LogP contribution in [0.4, 0.5) is 5.69 Å². The summed E-state index contributed by atoms with van der Waals surface area (Å²) < 4.78 is 0. The summed E-state index contributed by atoms with van der Waals surface area (Å²) in [5.74, 6) is -0.0862. The van der Waals surface area contributed by atoms with Crippen LogP contribution in [-0.4, -0.2) is 42.0 Å². The van der Waals surface area contributed by atoms with Gasteiger partial charge in [0.2, 0.25) is 0 Å². The van der Waals surface area contributed by atoms with Crippen LogP contribution in [0.1, 0.15) is 28.9 Å². The molecule has 1 aliphatic rings. The van der Waals surface area contributed by atoms with Gasteiger partial charge in [0.25, 0.3) is 5.91 Å². The minimum Gasteiger partial charge on any atom is -0.397 e. The van der Waals surface area contributed by atoms with Crippen LogP contribution in [-0.2, 0) is 0 Å². The second kappa shape index (κ2) is 6.41. The molecule has 21 heavy (non-hydrogen) atoms. The highest BCUT2D eigenvalue weighted by atomic mass is 32.1. The van der Waals surface area contributed by atoms with Gasteiger partial charge in [-0.25, -0.2) is 4.98 Å². The van der Waals surface area contributed by atoms with Crippen LogP contribution in [0.3, 0.4) is 0 Å². The van der Waals surface area contributed by atoms with E-state index in [0.717, 1.165) is 23.2 Å². The second-order valence-electron chi connectivity index (χ2n) is 5.36. The fraction of sp³-hybridized carbons (Fsp3) is 0.467. The van der Waals surface area contributed by atoms with E-state index in [4.69, 9.17) is 5.73 Å². The molecule has 112 valence electrons. The molecule has 0 atom stereocenters. The van der Waals surface area contributed by atoms with E-state index in [1.807, 2.05) is 12.1 Å². The predicted octanol–water partition coefficient (Wildman–Crippen LogP) is 2.09. The second-order valence-corrected chi connectivity index (χ2v) is 6.36. The third-order valence-electron chi connectivity index (χ3n) is 3.85. The Kier molecular flexibility index (Phi) is 4.36. The molecule has 6 heteroatoms. The summed E-state index contributed by atoms with van der Waals surface area (Å²) in [6, 6.07) is 3.74. The fourth-order valence-corrected chi connectivity index (χ4v) is 3.69. The quantitative estimate of drug-likeness (QED) is 0.830. The molecule has 1 saturated heterocycles. The fourth-order valence-electron chi connectivity index (χ4n) is 2.71. The number of nitrogens with one attached hydrogen (secondary N) is 1. The summed E-state index contributed by atoms with van der Waals surface area (Å²) in [4.78, 5) is 20.3. The van der Waals surface area contributed by atoms with Gasteiger partial charge in [-0.05, 0) is 51.0 Å². The lowest BCUT2D eigenvalue weighted by Crippen LogP contribution is -2.28. The maximum atomic E-state index is 12.2. The van der Waals surface area contributed by atoms with E-state index in [1.165, 1.54) is 37.3 Å². The van der Waals surface area contributed by atoms with Crippen molar-refractivity contribution in [2.24, 2.45) is 0 Å². The van der Waals surface area contributed by atoms with Crippen molar-refractivity contribution in [2.45, 2.75) is 19.3 Å². The monoisotopic (exact) mass is 304 g/mol. The molecule has 1 aliphatic heterocycles. The first-order chi connectivity index (χ1) is 10.3. The number of thiophene rings is 1. The number of aromatic nitrogens is 1. The third-order valence-corrected chi connectivity index (χ3v) is 4.97. The number of amides is 1. The van der Waals surface area contributed by atoms with Crippen LogP contribution < -0.4 is 11.1 Å². The highest BCUT2D eigenvalue weighted by Crippen LogP contribution is 2.31. The smallest absolute Gasteiger partial charge is 0.263 e. The lowest BCUT2D eigenvalue weighted by molar-refractivity contribution is 0.0957. The maximum Gasteiger partial charge on any atom is 0.263 e. The molecule has 3 rings (SSSR count). The van der Waals surface area contributed by atoms with E-state index >= 15 is 0 Å². The molecule has 0 saturated carbocycles. The van der Waals surface area contributed by atoms with Gasteiger partial charge in [0.05, 0.1) is 5.69 Å². The number of rotatable bonds is 5. The van der Waals surface area contributed by atoms with Crippen molar-refractivity contribution in [2.75, 3.05) is 31.9 Å². The van der Waals surface area contributed by atoms with Gasteiger partial charge in [-0.3, -0.25) is 4.79 Å². The molecule has 0 unspecified atom stereocenters. The third kappa shape index (κ3) is 3.16. The van der Waals surface area contributed by atoms with Gasteiger partial charge in [0, 0.05) is 18.1 Å². The number of carbonyl (C=O) groups excluding carboxylic acids is 1. The summed E-state index contributed by atoms with van der Waals surface area (Å²) in [6.45, 7) is 4.14. The van der Waals surface area contributed by atoms with Gasteiger partial charge in [-0.2, -0.15) is 0 Å². The number of nitrogens with zero attached hydrogens (tertiary/aromatic N) is 2. The van der Waals surface area contributed by atoms with Crippen LogP contribution in [0.2, 0.25) is 0 Å². The molecule has 2 aromatic heterocycles. The van der Waals surface area contributed by atoms with Crippen LogP contribution in [0.25, 0.3) is 10.2 Å². The Morgan fingerprint density at radius 2 is 2.24 bits per heavy atom. The lowest BCUT2D eigenvalue weighted by atomic mass is 10.2. The number of pyridine rings is 1. The molecule has 5 nitrogen and oxygen atoms in total. The number of carbonyl (C=O) groups is 1. The summed E-state index contributed by atoms with van der Waals surface area (Å²) in [5, 5.41) is 3.83. The Balaban J connectivity index is 1.55. The van der Waals surface area contributed by atoms with Crippen molar-refractivity contribution in [1.82, 2.24) is 15.2 Å². The van der Waals surface area contributed by atoms with Crippen molar-refractivity contribution >= 4 is 33.1 Å². The Bertz CT molecular complexity index is 634. The first-order valence-corrected chi connectivity index (χ1v) is 8.21. The first kappa shape index (κ1) is 14.3. The van der Waals surface area contributed by atoms with E-state index in [9.17, 15) is 4.79 Å². The zero-order valence-electron chi connectivity index (χ0n) is 12.0. The van der Waals surface area contributed by atoms with Crippen molar-refractivity contribution in [1.29, 1.82) is 0 Å². The molecular weight excluding hydrogens is 284 g/mol. The average molecular weight is 304 g/mol. The van der Waals surface area contributed by atoms with Gasteiger partial charge in [-0.15, -0.1) is 11.3 Å². The summed E-state index contributed by atoms with van der Waals surface area (Å²) >= 11 is 1.36. The number of nitrogens with two attached hydrogens (primary N) is 1. The summed E-state index contributed by atoms with van der Waals surface area (Å²) in [6.07, 6.45) is 5.31. The molecule has 0 aliphatic carbocycles. The van der Waals surface area contributed by atoms with Crippen LogP contribution >= 0.6 is 11.3 Å². The Labute approximate surface area is 128 Å². The van der Waals surface area contributed by atoms with Crippen LogP contribution in [0.5, 0.6) is 0 Å². The van der Waals surface area contributed by atoms with Crippen molar-refractivity contribution in [3.05, 3.63) is 23.2 Å². The molecule has 0 radical (unpaired) electrons. The van der Waals surface area contributed by atoms with E-state index < -0.39 is 0 Å². The number of hydrogen-bond acceptors (Lipinski definition) is 5. The number of likely N-dealkylation sites (tertiary alicyclic amines) is 1. The first-order valence-electron chi connectivity index (χ1n) is 7.39. The average Bonchev–Trinajstić information content (AvgIpc) is 3.12. The molecule has 1 amide bonds. The number of anilines is 1. The highest BCUT2D eigenvalue weighted by molar-refractivity contribution is 7.21. The SMILES string of the molecule is Nc1c(C(=O)NCCCN2CCCC2)sc2ncccc12. The molecule has 2 aromatic rings. The number of fused-ring (bicyclic) bond motifs is 1. The minimum atomic E-state index is -0.0862. The highest BCUT2D eigenvalue weighted by Gasteiger charge is 2.16. The van der Waals surface area contributed by atoms with Crippen molar-refractivity contribution in [3.63, 3.8) is 0 Å². The normalized spacial score (nSPS) is 15.6. The largest absolute Gasteiger partial charge is 0.397 e. The van der Waals surface area contributed by atoms with Crippen molar-refractivity contribution in [3.8, 4) is 0 Å². The zero-order chi connectivity index (χ0) is 14.7. The van der Waals surface area contributed by atoms with Gasteiger partial charge in [0.15, 0.2) is 0 Å². The molecular formula is C15H20N4OS. The van der Waals surface area contributed by atoms with Crippen molar-refractivity contribution < 1.29 is 4.79 Å². The predicted molar refractivity (Wildman–Crippen MR) is 86.7 cm³/mol. The van der Waals surface area contributed by atoms with Gasteiger partial charge >= 0.3 is 0 Å². The summed E-state index contributed by atoms with van der Waals surface area (Å²) in [5.41, 5.74) is 6.59. The molecule has 1 fully saturated rings. The van der Waals surface area contributed by atoms with E-state index in [0.29, 0.717) is 17.1 Å². The molecule has 0 aromatic carbocycles. The molecule has 3 N–H and O–H groups in total. The molecule has 3 heterocycles. The van der Waals surface area contributed by atoms with Crippen LogP contribution in [0, 0.1) is 0 Å². The van der Waals surface area contributed by atoms with Gasteiger partial charge in [-0.1, -0.05) is 0 Å². The number of nitrogen functional groups attached to an aromatic ring is 1. The zero-order valence-corrected chi connectivity index (χ0v) is 12.8. The topological polar surface area (TPSA) is 71.2 Å². The minimum absolute atomic E-state index is 0.0862. The molecule has 0 spiro atoms. The maximum absolute atomic E-state index is 12.2. The van der Waals surface area contributed by atoms with Crippen LogP contribution in [0.15, 0.2) is 18.3 Å². The van der Waals surface area contributed by atoms with E-state index in [-0.39, 0.29) is 5.91 Å². The Morgan fingerprint density at radius 1 is 1.43 bits per heavy atom. The van der Waals surface area contributed by atoms with E-state index in [1.54, 1.807) is 6.20 Å². The van der Waals surface area contributed by atoms with Gasteiger partial charge in [0.1, 0.15) is 9.71 Å². The lowest BCUT2D eigenvalue weighted by Gasteiger charge is -2.14. The Hall–Kier alpha value is -1.66. The summed E-state index contributed by atoms with van der Waals surface area (Å²) in [7, 11) is 0. The van der Waals surface area contributed by atoms with E-state index in [2.05, 4.69) is 15.2 Å². The standard InChI is InChI=1S/C15H20N4OS/c16-12-11-5-3-6-18-15(11)21-13(12)14(20)17-7-4-10-19-8-1-2-9-19/h3,5-6H,1-2,4,7-10,16H2,(H,17,20).